The highest BCUT2D eigenvalue weighted by molar-refractivity contribution is 5.92. The topological polar surface area (TPSA) is 119 Å². The molecule has 1 fully saturated rings. The van der Waals surface area contributed by atoms with Crippen molar-refractivity contribution in [2.45, 2.75) is 31.8 Å². The number of aliphatic hydroxyl groups is 1. The molecule has 0 spiro atoms. The fraction of sp³-hybridized carbons (Fsp3) is 0.357. The molecule has 0 saturated carbocycles. The van der Waals surface area contributed by atoms with E-state index < -0.39 is 5.60 Å². The van der Waals surface area contributed by atoms with Gasteiger partial charge in [-0.15, -0.1) is 0 Å². The van der Waals surface area contributed by atoms with Crippen LogP contribution in [0.2, 0.25) is 0 Å². The number of carbonyl (C=O) groups is 2. The van der Waals surface area contributed by atoms with Crippen LogP contribution in [-0.2, 0) is 16.0 Å². The average Bonchev–Trinajstić information content (AvgIpc) is 2.89. The summed E-state index contributed by atoms with van der Waals surface area (Å²) in [5.41, 5.74) is 1.21. The summed E-state index contributed by atoms with van der Waals surface area (Å²) in [5, 5.41) is 19.8. The van der Waals surface area contributed by atoms with Crippen molar-refractivity contribution in [3.05, 3.63) is 72.3 Å². The van der Waals surface area contributed by atoms with Gasteiger partial charge in [0.1, 0.15) is 11.6 Å². The van der Waals surface area contributed by atoms with Crippen LogP contribution in [0.5, 0.6) is 0 Å². The van der Waals surface area contributed by atoms with Crippen molar-refractivity contribution in [1.82, 2.24) is 20.2 Å². The molecule has 2 aromatic carbocycles. The second-order valence-corrected chi connectivity index (χ2v) is 9.45. The van der Waals surface area contributed by atoms with Gasteiger partial charge in [-0.05, 0) is 18.4 Å². The lowest BCUT2D eigenvalue weighted by Gasteiger charge is -2.38. The number of likely N-dealkylation sites (tertiary alicyclic amines) is 1. The smallest absolute Gasteiger partial charge is 0.239 e. The van der Waals surface area contributed by atoms with Crippen LogP contribution in [0.4, 0.5) is 11.6 Å². The number of nitrogens with one attached hydrogen (secondary N) is 3. The molecule has 194 valence electrons. The number of anilines is 2. The van der Waals surface area contributed by atoms with Gasteiger partial charge in [-0.3, -0.25) is 14.5 Å². The zero-order valence-corrected chi connectivity index (χ0v) is 21.1. The normalized spacial score (nSPS) is 15.1. The summed E-state index contributed by atoms with van der Waals surface area (Å²) in [6, 6.07) is 21.2. The Morgan fingerprint density at radius 2 is 1.59 bits per heavy atom. The molecule has 4 rings (SSSR count). The number of amides is 2. The molecule has 1 saturated heterocycles. The van der Waals surface area contributed by atoms with Gasteiger partial charge in [0.25, 0.3) is 0 Å². The molecule has 9 nitrogen and oxygen atoms in total. The molecular formula is C28H34N6O3. The molecule has 1 aromatic heterocycles. The number of hydrogen-bond acceptors (Lipinski definition) is 7. The van der Waals surface area contributed by atoms with Gasteiger partial charge in [0.15, 0.2) is 5.82 Å². The molecule has 2 amide bonds. The Morgan fingerprint density at radius 3 is 2.27 bits per heavy atom. The quantitative estimate of drug-likeness (QED) is 0.315. The van der Waals surface area contributed by atoms with Gasteiger partial charge in [0.05, 0.1) is 12.1 Å². The van der Waals surface area contributed by atoms with Gasteiger partial charge in [0.2, 0.25) is 11.8 Å². The maximum absolute atomic E-state index is 12.9. The largest absolute Gasteiger partial charge is 0.389 e. The van der Waals surface area contributed by atoms with E-state index in [9.17, 15) is 14.7 Å². The Balaban J connectivity index is 1.36. The van der Waals surface area contributed by atoms with Crippen molar-refractivity contribution in [2.24, 2.45) is 0 Å². The number of nitrogens with zero attached hydrogens (tertiary/aromatic N) is 3. The summed E-state index contributed by atoms with van der Waals surface area (Å²) >= 11 is 0. The summed E-state index contributed by atoms with van der Waals surface area (Å²) in [5.74, 6) is 1.18. The zero-order chi connectivity index (χ0) is 26.1. The molecule has 0 bridgehead atoms. The lowest BCUT2D eigenvalue weighted by Crippen LogP contribution is -2.47. The molecule has 0 aliphatic carbocycles. The van der Waals surface area contributed by atoms with Crippen LogP contribution in [0.15, 0.2) is 66.7 Å². The van der Waals surface area contributed by atoms with E-state index in [1.165, 1.54) is 6.92 Å². The third-order valence-electron chi connectivity index (χ3n) is 6.36. The lowest BCUT2D eigenvalue weighted by molar-refractivity contribution is -0.119. The van der Waals surface area contributed by atoms with Crippen molar-refractivity contribution < 1.29 is 14.7 Å². The van der Waals surface area contributed by atoms with E-state index in [4.69, 9.17) is 0 Å². The van der Waals surface area contributed by atoms with Gasteiger partial charge in [-0.1, -0.05) is 60.7 Å². The van der Waals surface area contributed by atoms with E-state index in [0.29, 0.717) is 62.9 Å². The van der Waals surface area contributed by atoms with Crippen molar-refractivity contribution in [3.63, 3.8) is 0 Å². The van der Waals surface area contributed by atoms with Gasteiger partial charge < -0.3 is 21.1 Å². The van der Waals surface area contributed by atoms with Gasteiger partial charge in [-0.2, -0.15) is 0 Å². The maximum Gasteiger partial charge on any atom is 0.239 e. The van der Waals surface area contributed by atoms with Crippen LogP contribution in [-0.4, -0.2) is 70.1 Å². The molecule has 0 atom stereocenters. The van der Waals surface area contributed by atoms with Crippen LogP contribution in [0.3, 0.4) is 0 Å². The fourth-order valence-electron chi connectivity index (χ4n) is 4.41. The van der Waals surface area contributed by atoms with Crippen molar-refractivity contribution in [3.8, 4) is 11.4 Å². The van der Waals surface area contributed by atoms with E-state index in [2.05, 4.69) is 30.8 Å². The highest BCUT2D eigenvalue weighted by Gasteiger charge is 2.32. The Labute approximate surface area is 217 Å². The number of rotatable bonds is 10. The monoisotopic (exact) mass is 502 g/mol. The first kappa shape index (κ1) is 26.2. The SMILES string of the molecule is CC(=O)NCCNc1cc(NC(=O)CN2CCC(O)(Cc3ccccc3)CC2)nc(-c2ccccc2)n1. The minimum absolute atomic E-state index is 0.0985. The first-order valence-corrected chi connectivity index (χ1v) is 12.6. The molecule has 37 heavy (non-hydrogen) atoms. The van der Waals surface area contributed by atoms with Gasteiger partial charge in [-0.25, -0.2) is 9.97 Å². The summed E-state index contributed by atoms with van der Waals surface area (Å²) < 4.78 is 0. The first-order chi connectivity index (χ1) is 17.9. The summed E-state index contributed by atoms with van der Waals surface area (Å²) in [7, 11) is 0. The second-order valence-electron chi connectivity index (χ2n) is 9.45. The van der Waals surface area contributed by atoms with Crippen LogP contribution in [0.25, 0.3) is 11.4 Å². The Hall–Kier alpha value is -3.82. The number of hydrogen-bond donors (Lipinski definition) is 4. The van der Waals surface area contributed by atoms with Gasteiger partial charge in [0, 0.05) is 51.2 Å². The molecule has 3 aromatic rings. The highest BCUT2D eigenvalue weighted by Crippen LogP contribution is 2.26. The first-order valence-electron chi connectivity index (χ1n) is 12.6. The molecule has 0 unspecified atom stereocenters. The van der Waals surface area contributed by atoms with Crippen molar-refractivity contribution in [1.29, 1.82) is 0 Å². The zero-order valence-electron chi connectivity index (χ0n) is 21.1. The van der Waals surface area contributed by atoms with Crippen LogP contribution < -0.4 is 16.0 Å². The third kappa shape index (κ3) is 8.09. The molecular weight excluding hydrogens is 468 g/mol. The molecule has 4 N–H and O–H groups in total. The second kappa shape index (κ2) is 12.4. The predicted molar refractivity (Wildman–Crippen MR) is 144 cm³/mol. The standard InChI is InChI=1S/C28H34N6O3/c1-21(35)29-14-15-30-24-18-25(33-27(32-24)23-10-6-3-7-11-23)31-26(36)20-34-16-12-28(37,13-17-34)19-22-8-4-2-5-9-22/h2-11,18,37H,12-17,19-20H2,1H3,(H,29,35)(H2,30,31,32,33,36). The maximum atomic E-state index is 12.9. The summed E-state index contributed by atoms with van der Waals surface area (Å²) in [6.45, 7) is 3.91. The van der Waals surface area contributed by atoms with E-state index in [-0.39, 0.29) is 18.4 Å². The minimum atomic E-state index is -0.747. The van der Waals surface area contributed by atoms with Crippen LogP contribution >= 0.6 is 0 Å². The Morgan fingerprint density at radius 1 is 0.946 bits per heavy atom. The number of aromatic nitrogens is 2. The molecule has 2 heterocycles. The Kier molecular flexibility index (Phi) is 8.81. The number of benzene rings is 2. The van der Waals surface area contributed by atoms with Crippen LogP contribution in [0, 0.1) is 0 Å². The number of carbonyl (C=O) groups excluding carboxylic acids is 2. The molecule has 9 heteroatoms. The summed E-state index contributed by atoms with van der Waals surface area (Å²) in [6.07, 6.45) is 1.85. The van der Waals surface area contributed by atoms with Gasteiger partial charge >= 0.3 is 0 Å². The lowest BCUT2D eigenvalue weighted by atomic mass is 9.85. The van der Waals surface area contributed by atoms with E-state index in [1.807, 2.05) is 60.7 Å². The van der Waals surface area contributed by atoms with Crippen molar-refractivity contribution >= 4 is 23.5 Å². The molecule has 0 radical (unpaired) electrons. The highest BCUT2D eigenvalue weighted by atomic mass is 16.3. The molecule has 1 aliphatic rings. The Bertz CT molecular complexity index is 1180. The van der Waals surface area contributed by atoms with Crippen LogP contribution in [0.1, 0.15) is 25.3 Å². The predicted octanol–water partition coefficient (Wildman–Crippen LogP) is 2.70. The van der Waals surface area contributed by atoms with E-state index in [1.54, 1.807) is 6.07 Å². The fourth-order valence-corrected chi connectivity index (χ4v) is 4.41. The summed E-state index contributed by atoms with van der Waals surface area (Å²) in [4.78, 5) is 35.2. The molecule has 1 aliphatic heterocycles. The number of piperidine rings is 1. The third-order valence-corrected chi connectivity index (χ3v) is 6.36. The van der Waals surface area contributed by atoms with Crippen molar-refractivity contribution in [2.75, 3.05) is 43.4 Å². The average molecular weight is 503 g/mol. The minimum Gasteiger partial charge on any atom is -0.389 e. The van der Waals surface area contributed by atoms with E-state index in [0.717, 1.165) is 11.1 Å². The van der Waals surface area contributed by atoms with E-state index >= 15 is 0 Å².